The third-order valence-electron chi connectivity index (χ3n) is 5.01. The lowest BCUT2D eigenvalue weighted by atomic mass is 9.92. The van der Waals surface area contributed by atoms with Gasteiger partial charge in [0.2, 0.25) is 0 Å². The largest absolute Gasteiger partial charge is 0.349 e. The molecule has 21 heavy (non-hydrogen) atoms. The molecule has 1 aliphatic carbocycles. The summed E-state index contributed by atoms with van der Waals surface area (Å²) < 4.78 is 0. The minimum absolute atomic E-state index is 0.0853. The Balaban J connectivity index is 1.50. The van der Waals surface area contributed by atoms with Gasteiger partial charge in [-0.2, -0.15) is 0 Å². The summed E-state index contributed by atoms with van der Waals surface area (Å²) in [6.45, 7) is 8.15. The first kappa shape index (κ1) is 14.6. The smallest absolute Gasteiger partial charge is 0.251 e. The van der Waals surface area contributed by atoms with E-state index < -0.39 is 0 Å². The van der Waals surface area contributed by atoms with Gasteiger partial charge >= 0.3 is 0 Å². The maximum Gasteiger partial charge on any atom is 0.251 e. The van der Waals surface area contributed by atoms with E-state index in [0.717, 1.165) is 11.5 Å². The number of nitrogens with zero attached hydrogens (tertiary/aromatic N) is 1. The molecule has 1 unspecified atom stereocenters. The van der Waals surface area contributed by atoms with Crippen LogP contribution in [0.2, 0.25) is 0 Å². The predicted molar refractivity (Wildman–Crippen MR) is 85.3 cm³/mol. The molecule has 1 N–H and O–H groups in total. The quantitative estimate of drug-likeness (QED) is 0.923. The van der Waals surface area contributed by atoms with E-state index in [9.17, 15) is 4.79 Å². The number of carbonyl (C=O) groups excluding carboxylic acids is 1. The van der Waals surface area contributed by atoms with Crippen LogP contribution in [0.25, 0.3) is 0 Å². The zero-order chi connectivity index (χ0) is 14.9. The second-order valence-electron chi connectivity index (χ2n) is 7.15. The Bertz CT molecular complexity index is 489. The van der Waals surface area contributed by atoms with Gasteiger partial charge in [0.25, 0.3) is 5.91 Å². The molecule has 1 amide bonds. The van der Waals surface area contributed by atoms with Gasteiger partial charge in [-0.05, 0) is 55.8 Å². The summed E-state index contributed by atoms with van der Waals surface area (Å²) in [7, 11) is 0. The summed E-state index contributed by atoms with van der Waals surface area (Å²) in [5.41, 5.74) is 1.18. The molecule has 114 valence electrons. The van der Waals surface area contributed by atoms with Crippen LogP contribution in [-0.2, 0) is 0 Å². The van der Waals surface area contributed by atoms with E-state index >= 15 is 0 Å². The van der Waals surface area contributed by atoms with E-state index in [4.69, 9.17) is 0 Å². The normalized spacial score (nSPS) is 24.2. The molecular formula is C18H26N2O. The van der Waals surface area contributed by atoms with Crippen molar-refractivity contribution in [2.75, 3.05) is 19.6 Å². The molecule has 3 heteroatoms. The van der Waals surface area contributed by atoms with Crippen LogP contribution < -0.4 is 5.32 Å². The fraction of sp³-hybridized carbons (Fsp3) is 0.611. The molecule has 1 saturated carbocycles. The molecule has 2 fully saturated rings. The standard InChI is InChI=1S/C18H26N2O/c1-14(2)13-20-10-8-18(9-11-20)12-16(18)19-17(21)15-6-4-3-5-7-15/h3-7,14,16H,8-13H2,1-2H3,(H,19,21). The Hall–Kier alpha value is -1.35. The van der Waals surface area contributed by atoms with Gasteiger partial charge in [0.05, 0.1) is 0 Å². The maximum atomic E-state index is 12.2. The molecule has 0 aromatic heterocycles. The molecule has 0 bridgehead atoms. The summed E-state index contributed by atoms with van der Waals surface area (Å²) in [4.78, 5) is 14.8. The molecule has 2 aliphatic rings. The zero-order valence-corrected chi connectivity index (χ0v) is 13.1. The van der Waals surface area contributed by atoms with Crippen molar-refractivity contribution in [2.45, 2.75) is 39.2 Å². The fourth-order valence-electron chi connectivity index (χ4n) is 3.63. The van der Waals surface area contributed by atoms with E-state index in [1.54, 1.807) is 0 Å². The second-order valence-corrected chi connectivity index (χ2v) is 7.15. The van der Waals surface area contributed by atoms with Crippen molar-refractivity contribution >= 4 is 5.91 Å². The Morgan fingerprint density at radius 2 is 1.95 bits per heavy atom. The van der Waals surface area contributed by atoms with Crippen LogP contribution in [0, 0.1) is 11.3 Å². The number of piperidine rings is 1. The Morgan fingerprint density at radius 1 is 1.29 bits per heavy atom. The minimum Gasteiger partial charge on any atom is -0.349 e. The van der Waals surface area contributed by atoms with Crippen LogP contribution in [0.4, 0.5) is 0 Å². The van der Waals surface area contributed by atoms with Crippen molar-refractivity contribution in [3.05, 3.63) is 35.9 Å². The SMILES string of the molecule is CC(C)CN1CCC2(CC1)CC2NC(=O)c1ccccc1. The van der Waals surface area contributed by atoms with Crippen molar-refractivity contribution in [1.82, 2.24) is 10.2 Å². The third-order valence-corrected chi connectivity index (χ3v) is 5.01. The van der Waals surface area contributed by atoms with E-state index in [2.05, 4.69) is 24.1 Å². The fourth-order valence-corrected chi connectivity index (χ4v) is 3.63. The van der Waals surface area contributed by atoms with Crippen LogP contribution in [-0.4, -0.2) is 36.5 Å². The van der Waals surface area contributed by atoms with Crippen molar-refractivity contribution in [3.63, 3.8) is 0 Å². The molecular weight excluding hydrogens is 260 g/mol. The van der Waals surface area contributed by atoms with Crippen LogP contribution in [0.3, 0.4) is 0 Å². The first-order chi connectivity index (χ1) is 10.1. The van der Waals surface area contributed by atoms with Crippen molar-refractivity contribution < 1.29 is 4.79 Å². The molecule has 1 aromatic rings. The van der Waals surface area contributed by atoms with Crippen LogP contribution in [0.15, 0.2) is 30.3 Å². The molecule has 1 heterocycles. The lowest BCUT2D eigenvalue weighted by Gasteiger charge is -2.33. The van der Waals surface area contributed by atoms with Gasteiger partial charge in [-0.3, -0.25) is 4.79 Å². The summed E-state index contributed by atoms with van der Waals surface area (Å²) >= 11 is 0. The number of hydrogen-bond donors (Lipinski definition) is 1. The first-order valence-corrected chi connectivity index (χ1v) is 8.17. The van der Waals surface area contributed by atoms with Gasteiger partial charge in [0.1, 0.15) is 0 Å². The predicted octanol–water partition coefficient (Wildman–Crippen LogP) is 2.93. The van der Waals surface area contributed by atoms with E-state index in [-0.39, 0.29) is 5.91 Å². The van der Waals surface area contributed by atoms with Gasteiger partial charge in [-0.1, -0.05) is 32.0 Å². The van der Waals surface area contributed by atoms with Crippen molar-refractivity contribution in [1.29, 1.82) is 0 Å². The van der Waals surface area contributed by atoms with Crippen molar-refractivity contribution in [3.8, 4) is 0 Å². The molecule has 1 aliphatic heterocycles. The molecule has 1 atom stereocenters. The van der Waals surface area contributed by atoms with Gasteiger partial charge in [0, 0.05) is 18.2 Å². The number of nitrogens with one attached hydrogen (secondary N) is 1. The average molecular weight is 286 g/mol. The molecule has 0 radical (unpaired) electrons. The molecule has 1 aromatic carbocycles. The van der Waals surface area contributed by atoms with Gasteiger partial charge in [-0.15, -0.1) is 0 Å². The number of carbonyl (C=O) groups is 1. The molecule has 1 spiro atoms. The number of hydrogen-bond acceptors (Lipinski definition) is 2. The topological polar surface area (TPSA) is 32.3 Å². The van der Waals surface area contributed by atoms with Gasteiger partial charge in [-0.25, -0.2) is 0 Å². The van der Waals surface area contributed by atoms with E-state index in [0.29, 0.717) is 11.5 Å². The third kappa shape index (κ3) is 3.29. The highest BCUT2D eigenvalue weighted by Gasteiger charge is 2.55. The number of amides is 1. The summed E-state index contributed by atoms with van der Waals surface area (Å²) in [5, 5.41) is 3.23. The van der Waals surface area contributed by atoms with Crippen LogP contribution in [0.5, 0.6) is 0 Å². The molecule has 1 saturated heterocycles. The van der Waals surface area contributed by atoms with Crippen molar-refractivity contribution in [2.24, 2.45) is 11.3 Å². The average Bonchev–Trinajstić information content (AvgIpc) is 3.14. The second kappa shape index (κ2) is 5.80. The number of likely N-dealkylation sites (tertiary alicyclic amines) is 1. The monoisotopic (exact) mass is 286 g/mol. The Labute approximate surface area is 127 Å². The summed E-state index contributed by atoms with van der Waals surface area (Å²) in [5.74, 6) is 0.828. The summed E-state index contributed by atoms with van der Waals surface area (Å²) in [6.07, 6.45) is 3.64. The first-order valence-electron chi connectivity index (χ1n) is 8.17. The zero-order valence-electron chi connectivity index (χ0n) is 13.1. The number of benzene rings is 1. The highest BCUT2D eigenvalue weighted by atomic mass is 16.1. The Morgan fingerprint density at radius 3 is 2.57 bits per heavy atom. The maximum absolute atomic E-state index is 12.2. The molecule has 3 rings (SSSR count). The lowest BCUT2D eigenvalue weighted by molar-refractivity contribution is 0.0933. The van der Waals surface area contributed by atoms with Crippen LogP contribution in [0.1, 0.15) is 43.5 Å². The van der Waals surface area contributed by atoms with Crippen LogP contribution >= 0.6 is 0 Å². The minimum atomic E-state index is 0.0853. The highest BCUT2D eigenvalue weighted by Crippen LogP contribution is 2.53. The summed E-state index contributed by atoms with van der Waals surface area (Å²) in [6, 6.07) is 9.95. The molecule has 3 nitrogen and oxygen atoms in total. The lowest BCUT2D eigenvalue weighted by Crippen LogP contribution is -2.40. The van der Waals surface area contributed by atoms with Gasteiger partial charge < -0.3 is 10.2 Å². The highest BCUT2D eigenvalue weighted by molar-refractivity contribution is 5.94. The van der Waals surface area contributed by atoms with E-state index in [1.807, 2.05) is 30.3 Å². The van der Waals surface area contributed by atoms with E-state index in [1.165, 1.54) is 38.9 Å². The Kier molecular flexibility index (Phi) is 4.03. The van der Waals surface area contributed by atoms with Gasteiger partial charge in [0.15, 0.2) is 0 Å². The number of rotatable bonds is 4.